The number of rotatable bonds is 2. The topological polar surface area (TPSA) is 32.3 Å². The summed E-state index contributed by atoms with van der Waals surface area (Å²) in [5.74, 6) is 0.194. The first-order valence-electron chi connectivity index (χ1n) is 5.38. The van der Waals surface area contributed by atoms with Gasteiger partial charge in [0, 0.05) is 6.54 Å². The summed E-state index contributed by atoms with van der Waals surface area (Å²) in [6, 6.07) is 0.109. The molecule has 0 radical (unpaired) electrons. The maximum atomic E-state index is 11.7. The number of carbonyl (C=O) groups is 1. The van der Waals surface area contributed by atoms with Crippen molar-refractivity contribution < 1.29 is 4.79 Å². The molecule has 1 saturated heterocycles. The molecule has 1 aliphatic heterocycles. The Kier molecular flexibility index (Phi) is 3.53. The number of hydrogen-bond donors (Lipinski definition) is 1. The molecule has 14 heavy (non-hydrogen) atoms. The van der Waals surface area contributed by atoms with E-state index in [0.29, 0.717) is 0 Å². The van der Waals surface area contributed by atoms with E-state index in [4.69, 9.17) is 0 Å². The maximum absolute atomic E-state index is 11.7. The minimum Gasteiger partial charge on any atom is -0.354 e. The molecule has 3 heteroatoms. The van der Waals surface area contributed by atoms with Crippen molar-refractivity contribution >= 4 is 5.91 Å². The summed E-state index contributed by atoms with van der Waals surface area (Å²) >= 11 is 0. The molecule has 1 N–H and O–H groups in total. The van der Waals surface area contributed by atoms with Crippen molar-refractivity contribution in [2.75, 3.05) is 20.1 Å². The number of likely N-dealkylation sites (N-methyl/N-ethyl adjacent to an activating group) is 1. The average Bonchev–Trinajstić information content (AvgIpc) is 2.46. The van der Waals surface area contributed by atoms with E-state index in [1.807, 2.05) is 7.05 Å². The SMILES string of the molecule is CN1CCC[C@H]1C(=O)NCC(C)(C)C. The monoisotopic (exact) mass is 198 g/mol. The van der Waals surface area contributed by atoms with Gasteiger partial charge in [-0.05, 0) is 31.8 Å². The molecule has 82 valence electrons. The highest BCUT2D eigenvalue weighted by molar-refractivity contribution is 5.82. The predicted molar refractivity (Wildman–Crippen MR) is 58.1 cm³/mol. The second-order valence-corrected chi connectivity index (χ2v) is 5.42. The lowest BCUT2D eigenvalue weighted by Gasteiger charge is -2.23. The van der Waals surface area contributed by atoms with E-state index in [1.165, 1.54) is 0 Å². The maximum Gasteiger partial charge on any atom is 0.237 e. The molecule has 0 saturated carbocycles. The fourth-order valence-corrected chi connectivity index (χ4v) is 1.71. The summed E-state index contributed by atoms with van der Waals surface area (Å²) in [6.07, 6.45) is 2.15. The second-order valence-electron chi connectivity index (χ2n) is 5.42. The van der Waals surface area contributed by atoms with Crippen molar-refractivity contribution in [3.63, 3.8) is 0 Å². The van der Waals surface area contributed by atoms with Gasteiger partial charge in [0.1, 0.15) is 0 Å². The fraction of sp³-hybridized carbons (Fsp3) is 0.909. The highest BCUT2D eigenvalue weighted by atomic mass is 16.2. The van der Waals surface area contributed by atoms with Gasteiger partial charge in [0.25, 0.3) is 0 Å². The van der Waals surface area contributed by atoms with Crippen molar-refractivity contribution in [2.24, 2.45) is 5.41 Å². The van der Waals surface area contributed by atoms with E-state index in [2.05, 4.69) is 31.0 Å². The van der Waals surface area contributed by atoms with Gasteiger partial charge >= 0.3 is 0 Å². The number of carbonyl (C=O) groups excluding carboxylic acids is 1. The normalized spacial score (nSPS) is 23.9. The number of likely N-dealkylation sites (tertiary alicyclic amines) is 1. The number of nitrogens with one attached hydrogen (secondary N) is 1. The molecule has 0 spiro atoms. The van der Waals surface area contributed by atoms with Crippen LogP contribution in [-0.4, -0.2) is 37.0 Å². The van der Waals surface area contributed by atoms with Crippen molar-refractivity contribution in [3.05, 3.63) is 0 Å². The first-order valence-corrected chi connectivity index (χ1v) is 5.38. The molecule has 1 heterocycles. The second kappa shape index (κ2) is 4.30. The molecular weight excluding hydrogens is 176 g/mol. The molecule has 1 amide bonds. The predicted octanol–water partition coefficient (Wildman–Crippen LogP) is 1.24. The van der Waals surface area contributed by atoms with E-state index < -0.39 is 0 Å². The Morgan fingerprint density at radius 3 is 2.57 bits per heavy atom. The van der Waals surface area contributed by atoms with Gasteiger partial charge < -0.3 is 5.32 Å². The molecule has 0 bridgehead atoms. The lowest BCUT2D eigenvalue weighted by molar-refractivity contribution is -0.125. The van der Waals surface area contributed by atoms with E-state index in [-0.39, 0.29) is 17.4 Å². The van der Waals surface area contributed by atoms with Gasteiger partial charge in [0.05, 0.1) is 6.04 Å². The van der Waals surface area contributed by atoms with Gasteiger partial charge in [0.15, 0.2) is 0 Å². The Labute approximate surface area is 86.9 Å². The third-order valence-corrected chi connectivity index (χ3v) is 2.62. The van der Waals surface area contributed by atoms with Crippen LogP contribution in [0.5, 0.6) is 0 Å². The van der Waals surface area contributed by atoms with Gasteiger partial charge in [-0.2, -0.15) is 0 Å². The summed E-state index contributed by atoms with van der Waals surface area (Å²) < 4.78 is 0. The molecule has 1 atom stereocenters. The molecule has 1 rings (SSSR count). The Hall–Kier alpha value is -0.570. The Morgan fingerprint density at radius 1 is 1.50 bits per heavy atom. The molecule has 0 aliphatic carbocycles. The molecule has 1 fully saturated rings. The summed E-state index contributed by atoms with van der Waals surface area (Å²) in [6.45, 7) is 8.20. The van der Waals surface area contributed by atoms with E-state index in [9.17, 15) is 4.79 Å². The molecule has 3 nitrogen and oxygen atoms in total. The first-order chi connectivity index (χ1) is 6.40. The van der Waals surface area contributed by atoms with Crippen LogP contribution in [0.15, 0.2) is 0 Å². The lowest BCUT2D eigenvalue weighted by atomic mass is 9.97. The molecule has 0 aromatic rings. The zero-order valence-corrected chi connectivity index (χ0v) is 9.76. The van der Waals surface area contributed by atoms with Gasteiger partial charge in [-0.1, -0.05) is 20.8 Å². The highest BCUT2D eigenvalue weighted by Gasteiger charge is 2.28. The number of amides is 1. The Morgan fingerprint density at radius 2 is 2.14 bits per heavy atom. The van der Waals surface area contributed by atoms with Crippen LogP contribution < -0.4 is 5.32 Å². The largest absolute Gasteiger partial charge is 0.354 e. The van der Waals surface area contributed by atoms with Gasteiger partial charge in [-0.15, -0.1) is 0 Å². The van der Waals surface area contributed by atoms with E-state index in [0.717, 1.165) is 25.9 Å². The third kappa shape index (κ3) is 3.29. The highest BCUT2D eigenvalue weighted by Crippen LogP contribution is 2.16. The lowest BCUT2D eigenvalue weighted by Crippen LogP contribution is -2.44. The Bertz CT molecular complexity index is 208. The average molecular weight is 198 g/mol. The van der Waals surface area contributed by atoms with Crippen LogP contribution >= 0.6 is 0 Å². The van der Waals surface area contributed by atoms with Crippen molar-refractivity contribution in [1.82, 2.24) is 10.2 Å². The molecular formula is C11H22N2O. The van der Waals surface area contributed by atoms with Crippen molar-refractivity contribution in [3.8, 4) is 0 Å². The number of hydrogen-bond acceptors (Lipinski definition) is 2. The molecule has 0 aromatic carbocycles. The van der Waals surface area contributed by atoms with Crippen LogP contribution in [0.25, 0.3) is 0 Å². The Balaban J connectivity index is 2.35. The molecule has 0 aromatic heterocycles. The summed E-state index contributed by atoms with van der Waals surface area (Å²) in [5.41, 5.74) is 0.173. The van der Waals surface area contributed by atoms with Gasteiger partial charge in [-0.25, -0.2) is 0 Å². The summed E-state index contributed by atoms with van der Waals surface area (Å²) in [5, 5.41) is 3.01. The van der Waals surface area contributed by atoms with Crippen LogP contribution in [0.1, 0.15) is 33.6 Å². The van der Waals surface area contributed by atoms with Crippen molar-refractivity contribution in [1.29, 1.82) is 0 Å². The zero-order chi connectivity index (χ0) is 10.8. The van der Waals surface area contributed by atoms with Crippen LogP contribution in [0.4, 0.5) is 0 Å². The van der Waals surface area contributed by atoms with Crippen molar-refractivity contribution in [2.45, 2.75) is 39.7 Å². The van der Waals surface area contributed by atoms with Gasteiger partial charge in [-0.3, -0.25) is 9.69 Å². The zero-order valence-electron chi connectivity index (χ0n) is 9.76. The summed E-state index contributed by atoms with van der Waals surface area (Å²) in [7, 11) is 2.02. The number of nitrogens with zero attached hydrogens (tertiary/aromatic N) is 1. The third-order valence-electron chi connectivity index (χ3n) is 2.62. The molecule has 1 aliphatic rings. The van der Waals surface area contributed by atoms with Crippen LogP contribution in [0, 0.1) is 5.41 Å². The van der Waals surface area contributed by atoms with Crippen LogP contribution in [-0.2, 0) is 4.79 Å². The van der Waals surface area contributed by atoms with E-state index in [1.54, 1.807) is 0 Å². The minimum atomic E-state index is 0.109. The standard InChI is InChI=1S/C11H22N2O/c1-11(2,3)8-12-10(14)9-6-5-7-13(9)4/h9H,5-8H2,1-4H3,(H,12,14)/t9-/m0/s1. The minimum absolute atomic E-state index is 0.109. The van der Waals surface area contributed by atoms with E-state index >= 15 is 0 Å². The first kappa shape index (κ1) is 11.5. The fourth-order valence-electron chi connectivity index (χ4n) is 1.71. The molecule has 0 unspecified atom stereocenters. The van der Waals surface area contributed by atoms with Crippen LogP contribution in [0.2, 0.25) is 0 Å². The van der Waals surface area contributed by atoms with Crippen LogP contribution in [0.3, 0.4) is 0 Å². The van der Waals surface area contributed by atoms with Gasteiger partial charge in [0.2, 0.25) is 5.91 Å². The summed E-state index contributed by atoms with van der Waals surface area (Å²) in [4.78, 5) is 13.9. The quantitative estimate of drug-likeness (QED) is 0.724. The smallest absolute Gasteiger partial charge is 0.237 e.